The van der Waals surface area contributed by atoms with Crippen molar-refractivity contribution >= 4 is 28.8 Å². The van der Waals surface area contributed by atoms with Crippen LogP contribution in [0.5, 0.6) is 11.5 Å². The molecule has 0 saturated carbocycles. The van der Waals surface area contributed by atoms with Gasteiger partial charge in [-0.2, -0.15) is 0 Å². The van der Waals surface area contributed by atoms with Gasteiger partial charge in [0.2, 0.25) is 0 Å². The zero-order valence-corrected chi connectivity index (χ0v) is 16.6. The van der Waals surface area contributed by atoms with Gasteiger partial charge in [-0.1, -0.05) is 17.7 Å². The van der Waals surface area contributed by atoms with Gasteiger partial charge in [0, 0.05) is 30.0 Å². The fourth-order valence-electron chi connectivity index (χ4n) is 3.38. The van der Waals surface area contributed by atoms with Crippen molar-refractivity contribution in [2.45, 2.75) is 31.9 Å². The zero-order chi connectivity index (χ0) is 18.6. The first-order chi connectivity index (χ1) is 13.2. The monoisotopic (exact) mass is 407 g/mol. The predicted molar refractivity (Wildman–Crippen MR) is 105 cm³/mol. The van der Waals surface area contributed by atoms with Crippen molar-refractivity contribution < 1.29 is 19.0 Å². The summed E-state index contributed by atoms with van der Waals surface area (Å²) < 4.78 is 17.2. The van der Waals surface area contributed by atoms with Crippen LogP contribution in [0.15, 0.2) is 29.6 Å². The maximum absolute atomic E-state index is 13.3. The Morgan fingerprint density at radius 3 is 2.89 bits per heavy atom. The standard InChI is InChI=1S/C20H22ClNO4S/c21-17-10-14(11-18-19(17)26-8-3-7-25-18)20(23)22(12-15-4-1-6-24-15)13-16-5-2-9-27-16/h2,5,9-11,15H,1,3-4,6-8,12-13H2. The van der Waals surface area contributed by atoms with Crippen LogP contribution in [0.3, 0.4) is 0 Å². The number of benzene rings is 1. The molecule has 1 saturated heterocycles. The molecule has 7 heteroatoms. The van der Waals surface area contributed by atoms with Gasteiger partial charge in [-0.25, -0.2) is 0 Å². The van der Waals surface area contributed by atoms with E-state index < -0.39 is 0 Å². The second kappa shape index (κ2) is 8.50. The average molecular weight is 408 g/mol. The summed E-state index contributed by atoms with van der Waals surface area (Å²) >= 11 is 8.03. The van der Waals surface area contributed by atoms with Gasteiger partial charge in [0.25, 0.3) is 5.91 Å². The van der Waals surface area contributed by atoms with E-state index in [2.05, 4.69) is 0 Å². The third-order valence-corrected chi connectivity index (χ3v) is 5.85. The van der Waals surface area contributed by atoms with Crippen molar-refractivity contribution in [3.8, 4) is 11.5 Å². The summed E-state index contributed by atoms with van der Waals surface area (Å²) in [6.45, 7) is 3.01. The van der Waals surface area contributed by atoms with Crippen LogP contribution in [0, 0.1) is 0 Å². The minimum Gasteiger partial charge on any atom is -0.489 e. The maximum Gasteiger partial charge on any atom is 0.254 e. The van der Waals surface area contributed by atoms with Gasteiger partial charge >= 0.3 is 0 Å². The van der Waals surface area contributed by atoms with E-state index in [4.69, 9.17) is 25.8 Å². The highest BCUT2D eigenvalue weighted by atomic mass is 35.5. The third-order valence-electron chi connectivity index (χ3n) is 4.71. The molecule has 3 heterocycles. The number of amides is 1. The summed E-state index contributed by atoms with van der Waals surface area (Å²) in [5.74, 6) is 0.989. The van der Waals surface area contributed by atoms with Crippen molar-refractivity contribution in [1.29, 1.82) is 0 Å². The SMILES string of the molecule is O=C(c1cc(Cl)c2c(c1)OCCCO2)N(Cc1cccs1)CC1CCCO1. The molecule has 0 N–H and O–H groups in total. The van der Waals surface area contributed by atoms with Crippen LogP contribution in [0.1, 0.15) is 34.5 Å². The molecule has 0 spiro atoms. The van der Waals surface area contributed by atoms with Crippen molar-refractivity contribution in [3.63, 3.8) is 0 Å². The quantitative estimate of drug-likeness (QED) is 0.737. The van der Waals surface area contributed by atoms with E-state index in [1.165, 1.54) is 0 Å². The van der Waals surface area contributed by atoms with Gasteiger partial charge in [0.15, 0.2) is 11.5 Å². The van der Waals surface area contributed by atoms with Gasteiger partial charge in [0.05, 0.1) is 30.9 Å². The second-order valence-corrected chi connectivity index (χ2v) is 8.18. The normalized spacial score (nSPS) is 18.9. The van der Waals surface area contributed by atoms with E-state index in [0.717, 1.165) is 30.7 Å². The Morgan fingerprint density at radius 1 is 1.22 bits per heavy atom. The number of hydrogen-bond acceptors (Lipinski definition) is 5. The number of ether oxygens (including phenoxy) is 3. The van der Waals surface area contributed by atoms with Crippen LogP contribution in [0.2, 0.25) is 5.02 Å². The molecule has 5 nitrogen and oxygen atoms in total. The Hall–Kier alpha value is -1.76. The molecule has 1 aromatic carbocycles. The Balaban J connectivity index is 1.59. The summed E-state index contributed by atoms with van der Waals surface area (Å²) in [5.41, 5.74) is 0.513. The molecule has 1 aromatic heterocycles. The average Bonchev–Trinajstić information content (AvgIpc) is 3.31. The minimum absolute atomic E-state index is 0.0727. The number of fused-ring (bicyclic) bond motifs is 1. The molecule has 0 bridgehead atoms. The lowest BCUT2D eigenvalue weighted by Crippen LogP contribution is -2.36. The summed E-state index contributed by atoms with van der Waals surface area (Å²) in [6, 6.07) is 7.46. The zero-order valence-electron chi connectivity index (χ0n) is 15.0. The molecule has 27 heavy (non-hydrogen) atoms. The fourth-order valence-corrected chi connectivity index (χ4v) is 4.37. The molecule has 144 valence electrons. The van der Waals surface area contributed by atoms with Crippen molar-refractivity contribution in [2.24, 2.45) is 0 Å². The topological polar surface area (TPSA) is 48.0 Å². The van der Waals surface area contributed by atoms with Crippen LogP contribution < -0.4 is 9.47 Å². The summed E-state index contributed by atoms with van der Waals surface area (Å²) in [4.78, 5) is 16.3. The van der Waals surface area contributed by atoms with E-state index in [-0.39, 0.29) is 12.0 Å². The smallest absolute Gasteiger partial charge is 0.254 e. The molecule has 2 aromatic rings. The van der Waals surface area contributed by atoms with Crippen LogP contribution in [0.4, 0.5) is 0 Å². The molecule has 2 aliphatic heterocycles. The first-order valence-corrected chi connectivity index (χ1v) is 10.5. The Morgan fingerprint density at radius 2 is 2.11 bits per heavy atom. The molecule has 1 amide bonds. The molecule has 1 unspecified atom stereocenters. The highest BCUT2D eigenvalue weighted by molar-refractivity contribution is 7.09. The van der Waals surface area contributed by atoms with E-state index >= 15 is 0 Å². The first kappa shape index (κ1) is 18.6. The number of halogens is 1. The van der Waals surface area contributed by atoms with Crippen LogP contribution in [-0.2, 0) is 11.3 Å². The number of thiophene rings is 1. The third kappa shape index (κ3) is 4.39. The van der Waals surface area contributed by atoms with Crippen molar-refractivity contribution in [1.82, 2.24) is 4.90 Å². The lowest BCUT2D eigenvalue weighted by Gasteiger charge is -2.25. The van der Waals surface area contributed by atoms with E-state index in [1.807, 2.05) is 22.4 Å². The number of carbonyl (C=O) groups is 1. The van der Waals surface area contributed by atoms with Crippen LogP contribution >= 0.6 is 22.9 Å². The number of carbonyl (C=O) groups excluding carboxylic acids is 1. The molecule has 2 aliphatic rings. The van der Waals surface area contributed by atoms with Gasteiger partial charge in [0.1, 0.15) is 0 Å². The van der Waals surface area contributed by atoms with E-state index in [9.17, 15) is 4.79 Å². The van der Waals surface area contributed by atoms with Gasteiger partial charge in [-0.3, -0.25) is 4.79 Å². The van der Waals surface area contributed by atoms with Crippen LogP contribution in [0.25, 0.3) is 0 Å². The molecule has 1 atom stereocenters. The lowest BCUT2D eigenvalue weighted by atomic mass is 10.1. The fraction of sp³-hybridized carbons (Fsp3) is 0.450. The summed E-state index contributed by atoms with van der Waals surface area (Å²) in [6.07, 6.45) is 2.90. The summed E-state index contributed by atoms with van der Waals surface area (Å²) in [7, 11) is 0. The molecule has 4 rings (SSSR count). The molecule has 0 aliphatic carbocycles. The van der Waals surface area contributed by atoms with E-state index in [1.54, 1.807) is 23.5 Å². The largest absolute Gasteiger partial charge is 0.489 e. The predicted octanol–water partition coefficient (Wildman–Crippen LogP) is 4.38. The Bertz CT molecular complexity index is 790. The molecule has 0 radical (unpaired) electrons. The van der Waals surface area contributed by atoms with Gasteiger partial charge < -0.3 is 19.1 Å². The summed E-state index contributed by atoms with van der Waals surface area (Å²) in [5, 5.41) is 2.43. The second-order valence-electron chi connectivity index (χ2n) is 6.74. The van der Waals surface area contributed by atoms with Crippen LogP contribution in [-0.4, -0.2) is 43.3 Å². The minimum atomic E-state index is -0.0727. The molecular weight excluding hydrogens is 386 g/mol. The maximum atomic E-state index is 13.3. The lowest BCUT2D eigenvalue weighted by molar-refractivity contribution is 0.0509. The van der Waals surface area contributed by atoms with Crippen molar-refractivity contribution in [2.75, 3.05) is 26.4 Å². The Kier molecular flexibility index (Phi) is 5.86. The Labute approximate surface area is 167 Å². The van der Waals surface area contributed by atoms with Crippen molar-refractivity contribution in [3.05, 3.63) is 45.1 Å². The number of nitrogens with zero attached hydrogens (tertiary/aromatic N) is 1. The first-order valence-electron chi connectivity index (χ1n) is 9.23. The number of rotatable bonds is 5. The highest BCUT2D eigenvalue weighted by Gasteiger charge is 2.26. The number of hydrogen-bond donors (Lipinski definition) is 0. The molecular formula is C20H22ClNO4S. The van der Waals surface area contributed by atoms with Gasteiger partial charge in [-0.15, -0.1) is 11.3 Å². The molecule has 1 fully saturated rings. The highest BCUT2D eigenvalue weighted by Crippen LogP contribution is 2.38. The van der Waals surface area contributed by atoms with Gasteiger partial charge in [-0.05, 0) is 36.4 Å². The van der Waals surface area contributed by atoms with E-state index in [0.29, 0.717) is 48.4 Å².